The zero-order valence-electron chi connectivity index (χ0n) is 13.1. The van der Waals surface area contributed by atoms with Crippen LogP contribution < -0.4 is 0 Å². The number of likely N-dealkylation sites (tertiary alicyclic amines) is 1. The van der Waals surface area contributed by atoms with Crippen LogP contribution in [0.3, 0.4) is 0 Å². The maximum atomic E-state index is 12.5. The van der Waals surface area contributed by atoms with Crippen LogP contribution in [0.5, 0.6) is 0 Å². The molecule has 6 nitrogen and oxygen atoms in total. The van der Waals surface area contributed by atoms with Gasteiger partial charge in [0.2, 0.25) is 5.91 Å². The fraction of sp³-hybridized carbons (Fsp3) is 0.500. The fourth-order valence-corrected chi connectivity index (χ4v) is 3.59. The molecule has 0 saturated carbocycles. The average molecular weight is 332 g/mol. The van der Waals surface area contributed by atoms with E-state index in [2.05, 4.69) is 15.0 Å². The normalized spacial score (nSPS) is 19.6. The average Bonchev–Trinajstić information content (AvgIpc) is 3.04. The molecular formula is C16H20N4O2S. The molecule has 1 saturated heterocycles. The van der Waals surface area contributed by atoms with Crippen molar-refractivity contribution in [2.24, 2.45) is 5.92 Å². The summed E-state index contributed by atoms with van der Waals surface area (Å²) in [5.74, 6) is 0.254. The number of carbonyl (C=O) groups is 1. The Kier molecular flexibility index (Phi) is 4.97. The fourth-order valence-electron chi connectivity index (χ4n) is 2.81. The first-order valence-electron chi connectivity index (χ1n) is 7.80. The van der Waals surface area contributed by atoms with E-state index in [0.29, 0.717) is 13.0 Å². The van der Waals surface area contributed by atoms with Crippen LogP contribution in [0.2, 0.25) is 0 Å². The summed E-state index contributed by atoms with van der Waals surface area (Å²) >= 11 is 1.47. The second-order valence-corrected chi connectivity index (χ2v) is 6.75. The first-order chi connectivity index (χ1) is 11.1. The summed E-state index contributed by atoms with van der Waals surface area (Å²) in [6.07, 6.45) is 6.78. The van der Waals surface area contributed by atoms with Crippen molar-refractivity contribution in [3.8, 4) is 10.7 Å². The third kappa shape index (κ3) is 3.92. The van der Waals surface area contributed by atoms with Gasteiger partial charge in [0.25, 0.3) is 0 Å². The zero-order valence-corrected chi connectivity index (χ0v) is 13.9. The zero-order chi connectivity index (χ0) is 16.2. The van der Waals surface area contributed by atoms with Crippen LogP contribution in [0, 0.1) is 5.92 Å². The van der Waals surface area contributed by atoms with Crippen molar-refractivity contribution in [2.75, 3.05) is 13.1 Å². The molecule has 2 aromatic rings. The summed E-state index contributed by atoms with van der Waals surface area (Å²) in [6.45, 7) is 3.20. The van der Waals surface area contributed by atoms with Crippen molar-refractivity contribution in [1.29, 1.82) is 0 Å². The maximum absolute atomic E-state index is 12.5. The Morgan fingerprint density at radius 3 is 3.13 bits per heavy atom. The minimum atomic E-state index is -0.367. The number of nitrogens with zero attached hydrogens (tertiary/aromatic N) is 4. The lowest BCUT2D eigenvalue weighted by molar-refractivity contribution is -0.133. The molecule has 2 atom stereocenters. The van der Waals surface area contributed by atoms with Crippen molar-refractivity contribution in [1.82, 2.24) is 19.9 Å². The Labute approximate surface area is 139 Å². The molecular weight excluding hydrogens is 312 g/mol. The first kappa shape index (κ1) is 16.0. The van der Waals surface area contributed by atoms with E-state index in [1.807, 2.05) is 10.3 Å². The molecule has 3 rings (SSSR count). The van der Waals surface area contributed by atoms with E-state index >= 15 is 0 Å². The van der Waals surface area contributed by atoms with E-state index in [-0.39, 0.29) is 17.9 Å². The number of carbonyl (C=O) groups excluding carboxylic acids is 1. The summed E-state index contributed by atoms with van der Waals surface area (Å²) in [5, 5.41) is 12.4. The summed E-state index contributed by atoms with van der Waals surface area (Å²) in [6, 6.07) is 0. The molecule has 1 fully saturated rings. The highest BCUT2D eigenvalue weighted by Crippen LogP contribution is 2.23. The van der Waals surface area contributed by atoms with Gasteiger partial charge in [0.1, 0.15) is 10.7 Å². The number of aromatic nitrogens is 3. The van der Waals surface area contributed by atoms with E-state index in [0.717, 1.165) is 35.8 Å². The van der Waals surface area contributed by atoms with Crippen molar-refractivity contribution in [3.63, 3.8) is 0 Å². The molecule has 0 aliphatic carbocycles. The number of hydrogen-bond donors (Lipinski definition) is 1. The SMILES string of the molecule is CC(O)C1CCCN(C(=O)Cc2csc(-c3cnccn3)n2)C1. The van der Waals surface area contributed by atoms with Gasteiger partial charge in [-0.1, -0.05) is 0 Å². The van der Waals surface area contributed by atoms with Gasteiger partial charge in [-0.15, -0.1) is 11.3 Å². The number of thiazole rings is 1. The van der Waals surface area contributed by atoms with Gasteiger partial charge in [-0.05, 0) is 19.8 Å². The van der Waals surface area contributed by atoms with Gasteiger partial charge >= 0.3 is 0 Å². The van der Waals surface area contributed by atoms with Crippen LogP contribution in [0.4, 0.5) is 0 Å². The summed E-state index contributed by atoms with van der Waals surface area (Å²) in [4.78, 5) is 27.1. The molecule has 0 bridgehead atoms. The lowest BCUT2D eigenvalue weighted by Crippen LogP contribution is -2.43. The number of amides is 1. The van der Waals surface area contributed by atoms with Crippen LogP contribution in [0.25, 0.3) is 10.7 Å². The minimum absolute atomic E-state index is 0.0753. The standard InChI is InChI=1S/C16H20N4O2S/c1-11(21)12-3-2-6-20(9-12)15(22)7-13-10-23-16(19-13)14-8-17-4-5-18-14/h4-5,8,10-12,21H,2-3,6-7,9H2,1H3. The van der Waals surface area contributed by atoms with Crippen molar-refractivity contribution in [3.05, 3.63) is 29.7 Å². The number of aliphatic hydroxyl groups excluding tert-OH is 1. The topological polar surface area (TPSA) is 79.2 Å². The molecule has 0 aromatic carbocycles. The molecule has 0 radical (unpaired) electrons. The van der Waals surface area contributed by atoms with Gasteiger partial charge in [0.05, 0.1) is 24.4 Å². The first-order valence-corrected chi connectivity index (χ1v) is 8.68. The van der Waals surface area contributed by atoms with Crippen LogP contribution in [-0.2, 0) is 11.2 Å². The van der Waals surface area contributed by atoms with E-state index in [1.54, 1.807) is 25.5 Å². The minimum Gasteiger partial charge on any atom is -0.393 e. The van der Waals surface area contributed by atoms with Gasteiger partial charge < -0.3 is 10.0 Å². The van der Waals surface area contributed by atoms with E-state index in [1.165, 1.54) is 11.3 Å². The summed E-state index contributed by atoms with van der Waals surface area (Å²) in [7, 11) is 0. The van der Waals surface area contributed by atoms with Crippen molar-refractivity contribution < 1.29 is 9.90 Å². The molecule has 1 aliphatic rings. The largest absolute Gasteiger partial charge is 0.393 e. The van der Waals surface area contributed by atoms with Crippen LogP contribution in [0.15, 0.2) is 24.0 Å². The number of rotatable bonds is 4. The van der Waals surface area contributed by atoms with Crippen LogP contribution in [-0.4, -0.2) is 50.1 Å². The molecule has 122 valence electrons. The van der Waals surface area contributed by atoms with Crippen molar-refractivity contribution in [2.45, 2.75) is 32.3 Å². The van der Waals surface area contributed by atoms with E-state index in [4.69, 9.17) is 0 Å². The number of aliphatic hydroxyl groups is 1. The Bertz CT molecular complexity index is 659. The molecule has 2 unspecified atom stereocenters. The Morgan fingerprint density at radius 2 is 2.39 bits per heavy atom. The Hall–Kier alpha value is -1.86. The van der Waals surface area contributed by atoms with Gasteiger partial charge in [-0.3, -0.25) is 14.8 Å². The lowest BCUT2D eigenvalue weighted by atomic mass is 9.93. The Morgan fingerprint density at radius 1 is 1.52 bits per heavy atom. The van der Waals surface area contributed by atoms with Gasteiger partial charge in [0, 0.05) is 36.8 Å². The molecule has 0 spiro atoms. The lowest BCUT2D eigenvalue weighted by Gasteiger charge is -2.34. The predicted molar refractivity (Wildman–Crippen MR) is 87.8 cm³/mol. The van der Waals surface area contributed by atoms with E-state index in [9.17, 15) is 9.90 Å². The highest BCUT2D eigenvalue weighted by Gasteiger charge is 2.26. The highest BCUT2D eigenvalue weighted by molar-refractivity contribution is 7.13. The predicted octanol–water partition coefficient (Wildman–Crippen LogP) is 1.76. The quantitative estimate of drug-likeness (QED) is 0.923. The summed E-state index contributed by atoms with van der Waals surface area (Å²) in [5.41, 5.74) is 1.49. The third-order valence-corrected chi connectivity index (χ3v) is 5.07. The molecule has 23 heavy (non-hydrogen) atoms. The highest BCUT2D eigenvalue weighted by atomic mass is 32.1. The second-order valence-electron chi connectivity index (χ2n) is 5.89. The molecule has 7 heteroatoms. The maximum Gasteiger partial charge on any atom is 0.228 e. The molecule has 2 aromatic heterocycles. The third-order valence-electron chi connectivity index (χ3n) is 4.16. The van der Waals surface area contributed by atoms with Crippen molar-refractivity contribution >= 4 is 17.2 Å². The Balaban J connectivity index is 1.63. The molecule has 1 amide bonds. The van der Waals surface area contributed by atoms with Crippen LogP contribution in [0.1, 0.15) is 25.5 Å². The second kappa shape index (κ2) is 7.14. The molecule has 1 aliphatic heterocycles. The van der Waals surface area contributed by atoms with Gasteiger partial charge in [0.15, 0.2) is 0 Å². The van der Waals surface area contributed by atoms with Gasteiger partial charge in [-0.2, -0.15) is 0 Å². The number of hydrogen-bond acceptors (Lipinski definition) is 6. The van der Waals surface area contributed by atoms with E-state index < -0.39 is 0 Å². The monoisotopic (exact) mass is 332 g/mol. The smallest absolute Gasteiger partial charge is 0.228 e. The molecule has 1 N–H and O–H groups in total. The number of piperidine rings is 1. The summed E-state index contributed by atoms with van der Waals surface area (Å²) < 4.78 is 0. The van der Waals surface area contributed by atoms with Crippen LogP contribution >= 0.6 is 11.3 Å². The molecule has 3 heterocycles. The van der Waals surface area contributed by atoms with Gasteiger partial charge in [-0.25, -0.2) is 4.98 Å².